The number of hydrogen-bond acceptors (Lipinski definition) is 5. The van der Waals surface area contributed by atoms with Crippen LogP contribution in [0.25, 0.3) is 0 Å². The summed E-state index contributed by atoms with van der Waals surface area (Å²) in [6.45, 7) is 1.10. The fourth-order valence-corrected chi connectivity index (χ4v) is 3.10. The molecule has 1 N–H and O–H groups in total. The fourth-order valence-electron chi connectivity index (χ4n) is 2.31. The summed E-state index contributed by atoms with van der Waals surface area (Å²) < 4.78 is 30.1. The zero-order valence-electron chi connectivity index (χ0n) is 12.2. The maximum Gasteiger partial charge on any atom is 0.289 e. The smallest absolute Gasteiger partial charge is 0.289 e. The van der Waals surface area contributed by atoms with Crippen LogP contribution in [0.4, 0.5) is 0 Å². The van der Waals surface area contributed by atoms with Gasteiger partial charge in [-0.3, -0.25) is 4.79 Å². The van der Waals surface area contributed by atoms with Crippen molar-refractivity contribution in [1.82, 2.24) is 9.21 Å². The molecule has 1 unspecified atom stereocenters. The Kier molecular flexibility index (Phi) is 4.70. The van der Waals surface area contributed by atoms with Crippen molar-refractivity contribution in [2.75, 3.05) is 33.8 Å². The quantitative estimate of drug-likeness (QED) is 0.867. The molecule has 21 heavy (non-hydrogen) atoms. The van der Waals surface area contributed by atoms with Gasteiger partial charge in [-0.05, 0) is 30.9 Å². The SMILES string of the molecule is CN(C)S(=O)(=O)c1ccc(C(=O)N2CCCC(CO)C2)o1. The number of aliphatic hydroxyl groups is 1. The topological polar surface area (TPSA) is 91.1 Å². The Balaban J connectivity index is 2.16. The van der Waals surface area contributed by atoms with E-state index in [2.05, 4.69) is 0 Å². The highest BCUT2D eigenvalue weighted by Crippen LogP contribution is 2.21. The van der Waals surface area contributed by atoms with Crippen LogP contribution >= 0.6 is 0 Å². The number of rotatable bonds is 4. The van der Waals surface area contributed by atoms with E-state index < -0.39 is 10.0 Å². The minimum atomic E-state index is -3.68. The number of sulfonamides is 1. The van der Waals surface area contributed by atoms with E-state index in [1.807, 2.05) is 0 Å². The molecule has 1 aromatic heterocycles. The van der Waals surface area contributed by atoms with Crippen LogP contribution in [0.5, 0.6) is 0 Å². The van der Waals surface area contributed by atoms with Crippen molar-refractivity contribution >= 4 is 15.9 Å². The van der Waals surface area contributed by atoms with Crippen molar-refractivity contribution in [3.8, 4) is 0 Å². The van der Waals surface area contributed by atoms with Gasteiger partial charge in [0.1, 0.15) is 0 Å². The Labute approximate surface area is 124 Å². The van der Waals surface area contributed by atoms with Crippen molar-refractivity contribution < 1.29 is 22.7 Å². The molecule has 118 valence electrons. The Morgan fingerprint density at radius 2 is 2.19 bits per heavy atom. The highest BCUT2D eigenvalue weighted by atomic mass is 32.2. The van der Waals surface area contributed by atoms with Crippen LogP contribution in [0.1, 0.15) is 23.4 Å². The molecule has 1 saturated heterocycles. The fraction of sp³-hybridized carbons (Fsp3) is 0.615. The first-order valence-corrected chi connectivity index (χ1v) is 8.22. The molecule has 2 rings (SSSR count). The van der Waals surface area contributed by atoms with E-state index >= 15 is 0 Å². The van der Waals surface area contributed by atoms with Crippen LogP contribution in [0, 0.1) is 5.92 Å². The normalized spacial score (nSPS) is 20.0. The molecule has 0 saturated carbocycles. The summed E-state index contributed by atoms with van der Waals surface area (Å²) in [5.41, 5.74) is 0. The lowest BCUT2D eigenvalue weighted by Gasteiger charge is -2.31. The first-order valence-electron chi connectivity index (χ1n) is 6.78. The van der Waals surface area contributed by atoms with Crippen molar-refractivity contribution in [1.29, 1.82) is 0 Å². The molecule has 1 fully saturated rings. The number of amides is 1. The van der Waals surface area contributed by atoms with Crippen molar-refractivity contribution in [2.45, 2.75) is 17.9 Å². The third kappa shape index (κ3) is 3.28. The Morgan fingerprint density at radius 1 is 1.48 bits per heavy atom. The molecule has 8 heteroatoms. The average molecular weight is 316 g/mol. The second-order valence-electron chi connectivity index (χ2n) is 5.35. The van der Waals surface area contributed by atoms with Gasteiger partial charge in [-0.2, -0.15) is 0 Å². The Hall–Kier alpha value is -1.38. The van der Waals surface area contributed by atoms with Crippen molar-refractivity contribution in [2.24, 2.45) is 5.92 Å². The summed E-state index contributed by atoms with van der Waals surface area (Å²) in [5, 5.41) is 8.94. The van der Waals surface area contributed by atoms with Gasteiger partial charge < -0.3 is 14.4 Å². The summed E-state index contributed by atoms with van der Waals surface area (Å²) >= 11 is 0. The largest absolute Gasteiger partial charge is 0.438 e. The van der Waals surface area contributed by atoms with E-state index in [0.29, 0.717) is 13.1 Å². The van der Waals surface area contributed by atoms with Gasteiger partial charge in [-0.1, -0.05) is 0 Å². The molecule has 1 aliphatic heterocycles. The van der Waals surface area contributed by atoms with E-state index in [1.54, 1.807) is 4.90 Å². The summed E-state index contributed by atoms with van der Waals surface area (Å²) in [7, 11) is -0.883. The van der Waals surface area contributed by atoms with Gasteiger partial charge in [-0.25, -0.2) is 12.7 Å². The van der Waals surface area contributed by atoms with E-state index in [-0.39, 0.29) is 29.3 Å². The lowest BCUT2D eigenvalue weighted by molar-refractivity contribution is 0.0584. The third-order valence-corrected chi connectivity index (χ3v) is 5.28. The molecule has 0 radical (unpaired) electrons. The van der Waals surface area contributed by atoms with Gasteiger partial charge in [0.15, 0.2) is 5.76 Å². The van der Waals surface area contributed by atoms with Crippen LogP contribution in [-0.4, -0.2) is 62.4 Å². The monoisotopic (exact) mass is 316 g/mol. The number of carbonyl (C=O) groups is 1. The number of likely N-dealkylation sites (tertiary alicyclic amines) is 1. The molecule has 2 heterocycles. The van der Waals surface area contributed by atoms with Gasteiger partial charge in [0.25, 0.3) is 15.9 Å². The first kappa shape index (κ1) is 16.0. The molecule has 0 bridgehead atoms. The molecule has 1 amide bonds. The summed E-state index contributed by atoms with van der Waals surface area (Å²) in [5.74, 6) is -0.259. The van der Waals surface area contributed by atoms with E-state index in [4.69, 9.17) is 4.42 Å². The van der Waals surface area contributed by atoms with E-state index in [0.717, 1.165) is 17.1 Å². The summed E-state index contributed by atoms with van der Waals surface area (Å²) in [6, 6.07) is 2.66. The van der Waals surface area contributed by atoms with Gasteiger partial charge in [0, 0.05) is 33.8 Å². The summed E-state index contributed by atoms with van der Waals surface area (Å²) in [4.78, 5) is 13.9. The lowest BCUT2D eigenvalue weighted by atomic mass is 9.99. The molecule has 1 aromatic rings. The van der Waals surface area contributed by atoms with Crippen LogP contribution in [0.3, 0.4) is 0 Å². The number of nitrogens with zero attached hydrogens (tertiary/aromatic N) is 2. The highest BCUT2D eigenvalue weighted by Gasteiger charge is 2.28. The number of piperidine rings is 1. The molecule has 0 spiro atoms. The second-order valence-corrected chi connectivity index (χ2v) is 7.43. The number of hydrogen-bond donors (Lipinski definition) is 1. The number of furan rings is 1. The molecule has 0 aromatic carbocycles. The third-order valence-electron chi connectivity index (χ3n) is 3.59. The second kappa shape index (κ2) is 6.17. The lowest BCUT2D eigenvalue weighted by Crippen LogP contribution is -2.40. The van der Waals surface area contributed by atoms with E-state index in [9.17, 15) is 18.3 Å². The van der Waals surface area contributed by atoms with Gasteiger partial charge in [0.2, 0.25) is 5.09 Å². The van der Waals surface area contributed by atoms with Crippen LogP contribution < -0.4 is 0 Å². The Morgan fingerprint density at radius 3 is 2.81 bits per heavy atom. The predicted octanol–water partition coefficient (Wildman–Crippen LogP) is 0.374. The van der Waals surface area contributed by atoms with Gasteiger partial charge in [-0.15, -0.1) is 0 Å². The zero-order valence-corrected chi connectivity index (χ0v) is 13.0. The van der Waals surface area contributed by atoms with Gasteiger partial charge >= 0.3 is 0 Å². The average Bonchev–Trinajstić information content (AvgIpc) is 2.96. The molecular formula is C13H20N2O5S. The number of carbonyl (C=O) groups excluding carboxylic acids is 1. The summed E-state index contributed by atoms with van der Waals surface area (Å²) in [6.07, 6.45) is 1.71. The van der Waals surface area contributed by atoms with Crippen molar-refractivity contribution in [3.63, 3.8) is 0 Å². The minimum absolute atomic E-state index is 0.00835. The minimum Gasteiger partial charge on any atom is -0.438 e. The van der Waals surface area contributed by atoms with Crippen LogP contribution in [0.2, 0.25) is 0 Å². The predicted molar refractivity (Wildman–Crippen MR) is 75.3 cm³/mol. The maximum absolute atomic E-state index is 12.3. The molecular weight excluding hydrogens is 296 g/mol. The van der Waals surface area contributed by atoms with Crippen molar-refractivity contribution in [3.05, 3.63) is 17.9 Å². The highest BCUT2D eigenvalue weighted by molar-refractivity contribution is 7.88. The van der Waals surface area contributed by atoms with E-state index in [1.165, 1.54) is 26.2 Å². The Bertz CT molecular complexity index is 608. The van der Waals surface area contributed by atoms with Crippen LogP contribution in [0.15, 0.2) is 21.6 Å². The molecule has 1 aliphatic rings. The molecule has 0 aliphatic carbocycles. The molecule has 1 atom stereocenters. The molecule has 7 nitrogen and oxygen atoms in total. The maximum atomic E-state index is 12.3. The first-order chi connectivity index (χ1) is 9.86. The zero-order chi connectivity index (χ0) is 15.6. The van der Waals surface area contributed by atoms with Crippen LogP contribution in [-0.2, 0) is 10.0 Å². The van der Waals surface area contributed by atoms with Gasteiger partial charge in [0.05, 0.1) is 0 Å². The number of aliphatic hydroxyl groups excluding tert-OH is 1. The standard InChI is InChI=1S/C13H20N2O5S/c1-14(2)21(18,19)12-6-5-11(20-12)13(17)15-7-3-4-10(8-15)9-16/h5-6,10,16H,3-4,7-9H2,1-2H3.